The minimum absolute atomic E-state index is 0.185. The van der Waals surface area contributed by atoms with E-state index in [4.69, 9.17) is 4.74 Å². The summed E-state index contributed by atoms with van der Waals surface area (Å²) in [5.74, 6) is -0.410. The number of allylic oxidation sites excluding steroid dienone is 1. The number of esters is 1. The van der Waals surface area contributed by atoms with Crippen LogP contribution in [-0.2, 0) is 16.0 Å². The second kappa shape index (κ2) is 7.19. The van der Waals surface area contributed by atoms with Crippen molar-refractivity contribution in [2.75, 3.05) is 13.7 Å². The largest absolute Gasteiger partial charge is 0.466 e. The predicted octanol–water partition coefficient (Wildman–Crippen LogP) is 3.57. The third-order valence-corrected chi connectivity index (χ3v) is 5.86. The van der Waals surface area contributed by atoms with Crippen LogP contribution in [0.25, 0.3) is 0 Å². The van der Waals surface area contributed by atoms with Crippen molar-refractivity contribution in [2.45, 2.75) is 19.4 Å². The van der Waals surface area contributed by atoms with Crippen molar-refractivity contribution in [3.8, 4) is 0 Å². The molecule has 1 atom stereocenters. The van der Waals surface area contributed by atoms with E-state index in [0.29, 0.717) is 17.8 Å². The van der Waals surface area contributed by atoms with Crippen LogP contribution in [0.3, 0.4) is 0 Å². The molecule has 1 aliphatic rings. The molecule has 0 unspecified atom stereocenters. The zero-order valence-electron chi connectivity index (χ0n) is 13.4. The van der Waals surface area contributed by atoms with Gasteiger partial charge in [-0.3, -0.25) is 4.90 Å². The Morgan fingerprint density at radius 1 is 1.29 bits per heavy atom. The molecule has 2 amide bonds. The predicted molar refractivity (Wildman–Crippen MR) is 95.0 cm³/mol. The number of amides is 2. The molecule has 0 spiro atoms. The standard InChI is InChI=1S/C17H18N2O3S2/c1-11-14(16(20)22-2)15(13-6-4-10-24-13)18-17(21)19(11)8-7-12-5-3-9-23-12/h3-6,9-10,15H,7-8H2,1-2H3,(H,18,21)/t15-/m0/s1. The summed E-state index contributed by atoms with van der Waals surface area (Å²) in [6.07, 6.45) is 0.751. The van der Waals surface area contributed by atoms with Crippen LogP contribution in [0.15, 0.2) is 46.3 Å². The first-order valence-electron chi connectivity index (χ1n) is 7.54. The van der Waals surface area contributed by atoms with E-state index in [0.717, 1.165) is 11.3 Å². The molecule has 0 saturated carbocycles. The maximum Gasteiger partial charge on any atom is 0.338 e. The number of hydrogen-bond acceptors (Lipinski definition) is 5. The Morgan fingerprint density at radius 2 is 2.04 bits per heavy atom. The lowest BCUT2D eigenvalue weighted by atomic mass is 10.0. The van der Waals surface area contributed by atoms with E-state index in [9.17, 15) is 9.59 Å². The molecule has 0 saturated heterocycles. The molecule has 7 heteroatoms. The Balaban J connectivity index is 1.91. The van der Waals surface area contributed by atoms with Crippen molar-refractivity contribution < 1.29 is 14.3 Å². The number of nitrogens with one attached hydrogen (secondary N) is 1. The van der Waals surface area contributed by atoms with Gasteiger partial charge in [0, 0.05) is 22.0 Å². The van der Waals surface area contributed by atoms with Crippen LogP contribution in [0.5, 0.6) is 0 Å². The molecule has 24 heavy (non-hydrogen) atoms. The second-order valence-electron chi connectivity index (χ2n) is 5.37. The van der Waals surface area contributed by atoms with Gasteiger partial charge in [0.05, 0.1) is 18.7 Å². The Bertz CT molecular complexity index is 751. The summed E-state index contributed by atoms with van der Waals surface area (Å²) in [7, 11) is 1.36. The molecular weight excluding hydrogens is 344 g/mol. The Morgan fingerprint density at radius 3 is 2.67 bits per heavy atom. The zero-order chi connectivity index (χ0) is 17.1. The summed E-state index contributed by atoms with van der Waals surface area (Å²) in [6.45, 7) is 2.33. The van der Waals surface area contributed by atoms with Crippen LogP contribution in [0.4, 0.5) is 4.79 Å². The molecule has 2 aromatic rings. The van der Waals surface area contributed by atoms with Crippen molar-refractivity contribution in [1.82, 2.24) is 10.2 Å². The summed E-state index contributed by atoms with van der Waals surface area (Å²) in [4.78, 5) is 28.6. The Hall–Kier alpha value is -2.12. The summed E-state index contributed by atoms with van der Waals surface area (Å²) in [6, 6.07) is 7.21. The van der Waals surface area contributed by atoms with Crippen molar-refractivity contribution in [2.24, 2.45) is 0 Å². The number of nitrogens with zero attached hydrogens (tertiary/aromatic N) is 1. The topological polar surface area (TPSA) is 58.6 Å². The molecule has 1 N–H and O–H groups in total. The van der Waals surface area contributed by atoms with E-state index in [1.807, 2.05) is 35.0 Å². The molecule has 0 radical (unpaired) electrons. The smallest absolute Gasteiger partial charge is 0.338 e. The lowest BCUT2D eigenvalue weighted by Crippen LogP contribution is -2.48. The third kappa shape index (κ3) is 3.22. The van der Waals surface area contributed by atoms with Gasteiger partial charge in [0.2, 0.25) is 0 Å². The fourth-order valence-corrected chi connectivity index (χ4v) is 4.25. The summed E-state index contributed by atoms with van der Waals surface area (Å²) in [5.41, 5.74) is 1.14. The molecule has 0 aliphatic carbocycles. The Labute approximate surface area is 148 Å². The van der Waals surface area contributed by atoms with E-state index in [1.54, 1.807) is 23.2 Å². The van der Waals surface area contributed by atoms with Crippen LogP contribution in [-0.4, -0.2) is 30.6 Å². The van der Waals surface area contributed by atoms with Gasteiger partial charge < -0.3 is 10.1 Å². The third-order valence-electron chi connectivity index (χ3n) is 3.99. The molecule has 1 aliphatic heterocycles. The first-order chi connectivity index (χ1) is 11.6. The van der Waals surface area contributed by atoms with Gasteiger partial charge >= 0.3 is 12.0 Å². The van der Waals surface area contributed by atoms with Crippen molar-refractivity contribution in [3.63, 3.8) is 0 Å². The molecule has 0 bridgehead atoms. The molecule has 0 aromatic carbocycles. The monoisotopic (exact) mass is 362 g/mol. The van der Waals surface area contributed by atoms with Crippen molar-refractivity contribution in [1.29, 1.82) is 0 Å². The fourth-order valence-electron chi connectivity index (χ4n) is 2.77. The van der Waals surface area contributed by atoms with E-state index < -0.39 is 12.0 Å². The van der Waals surface area contributed by atoms with Crippen LogP contribution >= 0.6 is 22.7 Å². The highest BCUT2D eigenvalue weighted by Crippen LogP contribution is 2.33. The number of hydrogen-bond donors (Lipinski definition) is 1. The Kier molecular flexibility index (Phi) is 5.01. The highest BCUT2D eigenvalue weighted by molar-refractivity contribution is 7.10. The maximum absolute atomic E-state index is 12.6. The summed E-state index contributed by atoms with van der Waals surface area (Å²) >= 11 is 3.16. The van der Waals surface area contributed by atoms with Crippen LogP contribution in [0.1, 0.15) is 22.7 Å². The van der Waals surface area contributed by atoms with Gasteiger partial charge in [-0.25, -0.2) is 9.59 Å². The van der Waals surface area contributed by atoms with Gasteiger partial charge in [0.1, 0.15) is 0 Å². The van der Waals surface area contributed by atoms with Gasteiger partial charge in [-0.05, 0) is 36.2 Å². The molecule has 2 aromatic heterocycles. The van der Waals surface area contributed by atoms with Gasteiger partial charge in [-0.1, -0.05) is 12.1 Å². The van der Waals surface area contributed by atoms with Gasteiger partial charge in [0.15, 0.2) is 0 Å². The first-order valence-corrected chi connectivity index (χ1v) is 9.30. The average Bonchev–Trinajstić information content (AvgIpc) is 3.27. The van der Waals surface area contributed by atoms with Crippen molar-refractivity contribution >= 4 is 34.7 Å². The highest BCUT2D eigenvalue weighted by Gasteiger charge is 2.36. The molecular formula is C17H18N2O3S2. The highest BCUT2D eigenvalue weighted by atomic mass is 32.1. The number of methoxy groups -OCH3 is 1. The lowest BCUT2D eigenvalue weighted by molar-refractivity contribution is -0.136. The van der Waals surface area contributed by atoms with Gasteiger partial charge in [-0.2, -0.15) is 0 Å². The first kappa shape index (κ1) is 16.7. The normalized spacial score (nSPS) is 17.8. The molecule has 3 rings (SSSR count). The maximum atomic E-state index is 12.6. The quantitative estimate of drug-likeness (QED) is 0.828. The number of ether oxygens (including phenoxy) is 1. The lowest BCUT2D eigenvalue weighted by Gasteiger charge is -2.34. The average molecular weight is 362 g/mol. The molecule has 0 fully saturated rings. The SMILES string of the molecule is COC(=O)C1=C(C)N(CCc2cccs2)C(=O)N[C@H]1c1cccs1. The summed E-state index contributed by atoms with van der Waals surface area (Å²) < 4.78 is 4.95. The van der Waals surface area contributed by atoms with E-state index >= 15 is 0 Å². The van der Waals surface area contributed by atoms with E-state index in [1.165, 1.54) is 23.3 Å². The zero-order valence-corrected chi connectivity index (χ0v) is 15.1. The molecule has 3 heterocycles. The van der Waals surface area contributed by atoms with Crippen LogP contribution < -0.4 is 5.32 Å². The number of rotatable bonds is 5. The van der Waals surface area contributed by atoms with Crippen molar-refractivity contribution in [3.05, 3.63) is 56.1 Å². The summed E-state index contributed by atoms with van der Waals surface area (Å²) in [5, 5.41) is 6.88. The van der Waals surface area contributed by atoms with Gasteiger partial charge in [-0.15, -0.1) is 22.7 Å². The van der Waals surface area contributed by atoms with E-state index in [2.05, 4.69) is 5.32 Å². The minimum atomic E-state index is -0.456. The van der Waals surface area contributed by atoms with Crippen LogP contribution in [0.2, 0.25) is 0 Å². The second-order valence-corrected chi connectivity index (χ2v) is 7.38. The fraction of sp³-hybridized carbons (Fsp3) is 0.294. The number of thiophene rings is 2. The van der Waals surface area contributed by atoms with E-state index in [-0.39, 0.29) is 6.03 Å². The number of urea groups is 1. The van der Waals surface area contributed by atoms with Gasteiger partial charge in [0.25, 0.3) is 0 Å². The number of carbonyl (C=O) groups excluding carboxylic acids is 2. The molecule has 126 valence electrons. The minimum Gasteiger partial charge on any atom is -0.466 e. The number of carbonyl (C=O) groups is 2. The molecule has 5 nitrogen and oxygen atoms in total. The van der Waals surface area contributed by atoms with Crippen LogP contribution in [0, 0.1) is 0 Å².